The van der Waals surface area contributed by atoms with Crippen molar-refractivity contribution < 1.29 is 9.59 Å². The fourth-order valence-corrected chi connectivity index (χ4v) is 4.76. The van der Waals surface area contributed by atoms with E-state index in [4.69, 9.17) is 23.2 Å². The molecule has 1 atom stereocenters. The van der Waals surface area contributed by atoms with E-state index >= 15 is 0 Å². The molecular weight excluding hydrogens is 443 g/mol. The van der Waals surface area contributed by atoms with Crippen LogP contribution in [0.4, 0.5) is 0 Å². The third-order valence-electron chi connectivity index (χ3n) is 6.04. The smallest absolute Gasteiger partial charge is 0.243 e. The van der Waals surface area contributed by atoms with E-state index in [0.29, 0.717) is 29.3 Å². The molecule has 2 aromatic carbocycles. The lowest BCUT2D eigenvalue weighted by Crippen LogP contribution is -2.52. The first-order valence-electron chi connectivity index (χ1n) is 11.6. The second-order valence-corrected chi connectivity index (χ2v) is 9.40. The monoisotopic (exact) mass is 474 g/mol. The van der Waals surface area contributed by atoms with Crippen molar-refractivity contribution in [1.29, 1.82) is 0 Å². The molecule has 0 spiro atoms. The zero-order valence-electron chi connectivity index (χ0n) is 18.7. The summed E-state index contributed by atoms with van der Waals surface area (Å²) in [5.74, 6) is -0.131. The first kappa shape index (κ1) is 24.6. The molecule has 4 nitrogen and oxygen atoms in total. The molecule has 0 aromatic heterocycles. The van der Waals surface area contributed by atoms with Crippen LogP contribution in [0.5, 0.6) is 0 Å². The number of benzene rings is 2. The molecule has 32 heavy (non-hydrogen) atoms. The maximum absolute atomic E-state index is 13.5. The molecule has 1 fully saturated rings. The standard InChI is InChI=1S/C26H32Cl2N2O2/c1-2-9-25(31)30(18-20-14-15-21(27)17-23(20)28)24(16-19-10-5-3-6-11-19)26(32)29-22-12-7-4-8-13-22/h3,5-6,10-11,14-15,17,22,24H,2,4,7-9,12-13,16,18H2,1H3,(H,29,32). The molecule has 0 bridgehead atoms. The number of nitrogens with one attached hydrogen (secondary N) is 1. The van der Waals surface area contributed by atoms with E-state index in [0.717, 1.165) is 36.8 Å². The molecular formula is C26H32Cl2N2O2. The average Bonchev–Trinajstić information content (AvgIpc) is 2.79. The molecule has 0 aliphatic heterocycles. The number of rotatable bonds is 9. The van der Waals surface area contributed by atoms with E-state index in [1.165, 1.54) is 6.42 Å². The SMILES string of the molecule is CCCC(=O)N(Cc1ccc(Cl)cc1Cl)C(Cc1ccccc1)C(=O)NC1CCCCC1. The van der Waals surface area contributed by atoms with E-state index in [1.807, 2.05) is 43.3 Å². The normalized spacial score (nSPS) is 15.2. The topological polar surface area (TPSA) is 49.4 Å². The molecule has 2 amide bonds. The van der Waals surface area contributed by atoms with E-state index in [-0.39, 0.29) is 24.4 Å². The highest BCUT2D eigenvalue weighted by Crippen LogP contribution is 2.25. The highest BCUT2D eigenvalue weighted by molar-refractivity contribution is 6.35. The summed E-state index contributed by atoms with van der Waals surface area (Å²) in [4.78, 5) is 28.5. The van der Waals surface area contributed by atoms with Crippen molar-refractivity contribution in [2.24, 2.45) is 0 Å². The number of amides is 2. The number of hydrogen-bond acceptors (Lipinski definition) is 2. The lowest BCUT2D eigenvalue weighted by Gasteiger charge is -2.33. The first-order chi connectivity index (χ1) is 15.5. The van der Waals surface area contributed by atoms with Gasteiger partial charge in [-0.2, -0.15) is 0 Å². The zero-order chi connectivity index (χ0) is 22.9. The summed E-state index contributed by atoms with van der Waals surface area (Å²) >= 11 is 12.5. The van der Waals surface area contributed by atoms with E-state index < -0.39 is 6.04 Å². The van der Waals surface area contributed by atoms with Crippen LogP contribution in [0.25, 0.3) is 0 Å². The van der Waals surface area contributed by atoms with Gasteiger partial charge in [0.1, 0.15) is 6.04 Å². The number of carbonyl (C=O) groups excluding carboxylic acids is 2. The maximum Gasteiger partial charge on any atom is 0.243 e. The van der Waals surface area contributed by atoms with Gasteiger partial charge >= 0.3 is 0 Å². The predicted molar refractivity (Wildman–Crippen MR) is 131 cm³/mol. The van der Waals surface area contributed by atoms with Gasteiger partial charge < -0.3 is 10.2 Å². The van der Waals surface area contributed by atoms with Gasteiger partial charge in [0.2, 0.25) is 11.8 Å². The largest absolute Gasteiger partial charge is 0.352 e. The van der Waals surface area contributed by atoms with E-state index in [9.17, 15) is 9.59 Å². The number of nitrogens with zero attached hydrogens (tertiary/aromatic N) is 1. The first-order valence-corrected chi connectivity index (χ1v) is 12.3. The third kappa shape index (κ3) is 6.98. The lowest BCUT2D eigenvalue weighted by molar-refractivity contribution is -0.141. The number of carbonyl (C=O) groups is 2. The molecule has 6 heteroatoms. The molecule has 1 aliphatic rings. The molecule has 1 N–H and O–H groups in total. The van der Waals surface area contributed by atoms with Crippen LogP contribution >= 0.6 is 23.2 Å². The summed E-state index contributed by atoms with van der Waals surface area (Å²) in [5, 5.41) is 4.28. The molecule has 1 aliphatic carbocycles. The minimum atomic E-state index is -0.606. The van der Waals surface area contributed by atoms with Gasteiger partial charge in [-0.1, -0.05) is 85.8 Å². The average molecular weight is 475 g/mol. The van der Waals surface area contributed by atoms with Crippen LogP contribution in [0.2, 0.25) is 10.0 Å². The van der Waals surface area contributed by atoms with Crippen LogP contribution in [0.3, 0.4) is 0 Å². The Morgan fingerprint density at radius 2 is 1.78 bits per heavy atom. The minimum Gasteiger partial charge on any atom is -0.352 e. The van der Waals surface area contributed by atoms with Crippen LogP contribution in [-0.4, -0.2) is 28.8 Å². The zero-order valence-corrected chi connectivity index (χ0v) is 20.2. The molecule has 1 saturated carbocycles. The van der Waals surface area contributed by atoms with E-state index in [2.05, 4.69) is 5.32 Å². The van der Waals surface area contributed by atoms with Crippen LogP contribution in [-0.2, 0) is 22.6 Å². The highest BCUT2D eigenvalue weighted by Gasteiger charge is 2.31. The Hall–Kier alpha value is -2.04. The van der Waals surface area contributed by atoms with E-state index in [1.54, 1.807) is 17.0 Å². The molecule has 3 rings (SSSR count). The van der Waals surface area contributed by atoms with Gasteiger partial charge in [-0.05, 0) is 42.5 Å². The van der Waals surface area contributed by atoms with Crippen LogP contribution in [0, 0.1) is 0 Å². The Morgan fingerprint density at radius 3 is 2.44 bits per heavy atom. The summed E-state index contributed by atoms with van der Waals surface area (Å²) in [6.07, 6.45) is 7.03. The third-order valence-corrected chi connectivity index (χ3v) is 6.63. The Labute approximate surface area is 201 Å². The summed E-state index contributed by atoms with van der Waals surface area (Å²) in [7, 11) is 0. The van der Waals surface area contributed by atoms with Crippen LogP contribution in [0.1, 0.15) is 63.0 Å². The lowest BCUT2D eigenvalue weighted by atomic mass is 9.94. The van der Waals surface area contributed by atoms with Crippen molar-refractivity contribution in [2.45, 2.75) is 76.9 Å². The molecule has 2 aromatic rings. The fraction of sp³-hybridized carbons (Fsp3) is 0.462. The van der Waals surface area contributed by atoms with Crippen molar-refractivity contribution in [2.75, 3.05) is 0 Å². The van der Waals surface area contributed by atoms with Gasteiger partial charge in [-0.15, -0.1) is 0 Å². The van der Waals surface area contributed by atoms with Gasteiger partial charge in [0.25, 0.3) is 0 Å². The van der Waals surface area contributed by atoms with Crippen molar-refractivity contribution in [3.8, 4) is 0 Å². The summed E-state index contributed by atoms with van der Waals surface area (Å²) < 4.78 is 0. The van der Waals surface area contributed by atoms with Crippen molar-refractivity contribution >= 4 is 35.0 Å². The summed E-state index contributed by atoms with van der Waals surface area (Å²) in [5.41, 5.74) is 1.80. The second-order valence-electron chi connectivity index (χ2n) is 8.56. The Kier molecular flexibility index (Phi) is 9.43. The summed E-state index contributed by atoms with van der Waals surface area (Å²) in [6, 6.07) is 14.7. The number of halogens is 2. The van der Waals surface area contributed by atoms with Crippen molar-refractivity contribution in [3.05, 3.63) is 69.7 Å². The Balaban J connectivity index is 1.90. The summed E-state index contributed by atoms with van der Waals surface area (Å²) in [6.45, 7) is 2.24. The molecule has 0 heterocycles. The van der Waals surface area contributed by atoms with Crippen LogP contribution < -0.4 is 5.32 Å². The molecule has 0 saturated heterocycles. The van der Waals surface area contributed by atoms with Gasteiger partial charge in [0.05, 0.1) is 0 Å². The van der Waals surface area contributed by atoms with Gasteiger partial charge in [-0.3, -0.25) is 9.59 Å². The molecule has 1 unspecified atom stereocenters. The van der Waals surface area contributed by atoms with Crippen molar-refractivity contribution in [3.63, 3.8) is 0 Å². The quantitative estimate of drug-likeness (QED) is 0.471. The van der Waals surface area contributed by atoms with Gasteiger partial charge in [-0.25, -0.2) is 0 Å². The number of hydrogen-bond donors (Lipinski definition) is 1. The Morgan fingerprint density at radius 1 is 1.06 bits per heavy atom. The second kappa shape index (κ2) is 12.3. The fourth-order valence-electron chi connectivity index (χ4n) is 4.29. The van der Waals surface area contributed by atoms with Crippen molar-refractivity contribution in [1.82, 2.24) is 10.2 Å². The van der Waals surface area contributed by atoms with Gasteiger partial charge in [0, 0.05) is 35.5 Å². The Bertz CT molecular complexity index is 898. The minimum absolute atomic E-state index is 0.0433. The molecule has 172 valence electrons. The highest BCUT2D eigenvalue weighted by atomic mass is 35.5. The maximum atomic E-state index is 13.5. The van der Waals surface area contributed by atoms with Gasteiger partial charge in [0.15, 0.2) is 0 Å². The molecule has 0 radical (unpaired) electrons. The van der Waals surface area contributed by atoms with Crippen LogP contribution in [0.15, 0.2) is 48.5 Å². The predicted octanol–water partition coefficient (Wildman–Crippen LogP) is 6.18.